The van der Waals surface area contributed by atoms with E-state index in [4.69, 9.17) is 27.9 Å². The number of benzene rings is 2. The second-order valence-corrected chi connectivity index (χ2v) is 6.89. The van der Waals surface area contributed by atoms with Gasteiger partial charge in [0.15, 0.2) is 5.17 Å². The van der Waals surface area contributed by atoms with Gasteiger partial charge in [0, 0.05) is 15.6 Å². The molecule has 0 radical (unpaired) electrons. The van der Waals surface area contributed by atoms with Gasteiger partial charge in [-0.3, -0.25) is 4.79 Å². The Balaban J connectivity index is 1.62. The first-order valence-electron chi connectivity index (χ1n) is 7.30. The zero-order chi connectivity index (χ0) is 17.6. The molecule has 0 saturated carbocycles. The van der Waals surface area contributed by atoms with Crippen molar-refractivity contribution >= 4 is 52.3 Å². The van der Waals surface area contributed by atoms with Crippen LogP contribution in [0.15, 0.2) is 52.7 Å². The van der Waals surface area contributed by atoms with Gasteiger partial charge < -0.3 is 10.1 Å². The van der Waals surface area contributed by atoms with Crippen LogP contribution in [0, 0.1) is 0 Å². The van der Waals surface area contributed by atoms with E-state index in [1.54, 1.807) is 18.3 Å². The van der Waals surface area contributed by atoms with E-state index in [-0.39, 0.29) is 5.91 Å². The molecule has 3 rings (SSSR count). The van der Waals surface area contributed by atoms with Crippen LogP contribution in [-0.4, -0.2) is 23.0 Å². The number of halogens is 2. The van der Waals surface area contributed by atoms with E-state index < -0.39 is 0 Å². The second-order valence-electron chi connectivity index (χ2n) is 5.08. The Hall–Kier alpha value is -2.02. The number of nitrogens with zero attached hydrogens (tertiary/aromatic N) is 2. The minimum absolute atomic E-state index is 0.0600. The molecule has 1 amide bonds. The smallest absolute Gasteiger partial charge is 0.236 e. The molecular formula is C17H13Cl2N3O2S. The van der Waals surface area contributed by atoms with Gasteiger partial charge in [-0.05, 0) is 29.8 Å². The van der Waals surface area contributed by atoms with Crippen LogP contribution < -0.4 is 10.1 Å². The van der Waals surface area contributed by atoms with Crippen molar-refractivity contribution in [3.05, 3.63) is 63.6 Å². The Morgan fingerprint density at radius 3 is 2.88 bits per heavy atom. The Kier molecular flexibility index (Phi) is 5.96. The Morgan fingerprint density at radius 1 is 1.24 bits per heavy atom. The lowest BCUT2D eigenvalue weighted by Crippen LogP contribution is -2.19. The van der Waals surface area contributed by atoms with E-state index in [1.165, 1.54) is 11.8 Å². The Bertz CT molecular complexity index is 856. The van der Waals surface area contributed by atoms with E-state index in [0.717, 1.165) is 11.1 Å². The molecule has 0 bridgehead atoms. The molecule has 0 aliphatic carbocycles. The van der Waals surface area contributed by atoms with Crippen molar-refractivity contribution in [1.82, 2.24) is 5.32 Å². The van der Waals surface area contributed by atoms with Crippen LogP contribution >= 0.6 is 35.0 Å². The summed E-state index contributed by atoms with van der Waals surface area (Å²) in [5.74, 6) is 1.01. The molecule has 1 N–H and O–H groups in total. The van der Waals surface area contributed by atoms with Crippen molar-refractivity contribution in [3.63, 3.8) is 0 Å². The van der Waals surface area contributed by atoms with E-state index in [9.17, 15) is 4.79 Å². The maximum Gasteiger partial charge on any atom is 0.236 e. The molecular weight excluding hydrogens is 381 g/mol. The van der Waals surface area contributed by atoms with Gasteiger partial charge in [-0.25, -0.2) is 0 Å². The van der Waals surface area contributed by atoms with Crippen LogP contribution in [0.1, 0.15) is 11.1 Å². The molecule has 1 saturated heterocycles. The number of rotatable bonds is 5. The number of ether oxygens (including phenoxy) is 1. The summed E-state index contributed by atoms with van der Waals surface area (Å²) in [6, 6.07) is 12.7. The molecule has 0 unspecified atom stereocenters. The highest BCUT2D eigenvalue weighted by atomic mass is 35.5. The Morgan fingerprint density at radius 2 is 2.12 bits per heavy atom. The maximum atomic E-state index is 11.1. The van der Waals surface area contributed by atoms with Gasteiger partial charge >= 0.3 is 0 Å². The van der Waals surface area contributed by atoms with E-state index in [0.29, 0.717) is 33.3 Å². The largest absolute Gasteiger partial charge is 0.489 e. The van der Waals surface area contributed by atoms with Crippen LogP contribution in [-0.2, 0) is 11.4 Å². The lowest BCUT2D eigenvalue weighted by Gasteiger charge is -2.08. The van der Waals surface area contributed by atoms with Crippen LogP contribution in [0.25, 0.3) is 0 Å². The average molecular weight is 394 g/mol. The third kappa shape index (κ3) is 5.22. The summed E-state index contributed by atoms with van der Waals surface area (Å²) < 4.78 is 5.76. The monoisotopic (exact) mass is 393 g/mol. The normalized spacial score (nSPS) is 15.8. The third-order valence-electron chi connectivity index (χ3n) is 3.21. The van der Waals surface area contributed by atoms with Gasteiger partial charge in [0.2, 0.25) is 5.91 Å². The summed E-state index contributed by atoms with van der Waals surface area (Å²) in [5.41, 5.74) is 1.68. The Labute approximate surface area is 159 Å². The van der Waals surface area contributed by atoms with Crippen molar-refractivity contribution in [2.24, 2.45) is 10.2 Å². The molecule has 0 spiro atoms. The predicted molar refractivity (Wildman–Crippen MR) is 103 cm³/mol. The first kappa shape index (κ1) is 17.8. The number of carbonyl (C=O) groups excluding carboxylic acids is 1. The van der Waals surface area contributed by atoms with Gasteiger partial charge in [0.25, 0.3) is 0 Å². The summed E-state index contributed by atoms with van der Waals surface area (Å²) >= 11 is 13.3. The summed E-state index contributed by atoms with van der Waals surface area (Å²) in [7, 11) is 0. The molecule has 2 aromatic carbocycles. The number of carbonyl (C=O) groups is 1. The van der Waals surface area contributed by atoms with Crippen molar-refractivity contribution < 1.29 is 9.53 Å². The molecule has 0 aromatic heterocycles. The lowest BCUT2D eigenvalue weighted by molar-refractivity contribution is -0.116. The zero-order valence-corrected chi connectivity index (χ0v) is 15.2. The lowest BCUT2D eigenvalue weighted by atomic mass is 10.2. The minimum Gasteiger partial charge on any atom is -0.489 e. The highest BCUT2D eigenvalue weighted by Gasteiger charge is 2.15. The van der Waals surface area contributed by atoms with Crippen LogP contribution in [0.5, 0.6) is 5.75 Å². The molecule has 128 valence electrons. The molecule has 1 aliphatic rings. The van der Waals surface area contributed by atoms with Crippen LogP contribution in [0.4, 0.5) is 0 Å². The second kappa shape index (κ2) is 8.38. The molecule has 1 fully saturated rings. The summed E-state index contributed by atoms with van der Waals surface area (Å²) in [4.78, 5) is 11.1. The highest BCUT2D eigenvalue weighted by molar-refractivity contribution is 8.15. The topological polar surface area (TPSA) is 63.0 Å². The standard InChI is InChI=1S/C17H13Cl2N3O2S/c18-13-5-4-12(15(19)7-13)9-24-14-3-1-2-11(6-14)8-20-22-17-21-16(23)10-25-17/h1-8H,9-10H2,(H,21,22,23). The summed E-state index contributed by atoms with van der Waals surface area (Å²) in [6.45, 7) is 0.335. The fourth-order valence-corrected chi connectivity index (χ4v) is 3.11. The van der Waals surface area contributed by atoms with Crippen molar-refractivity contribution in [1.29, 1.82) is 0 Å². The summed E-state index contributed by atoms with van der Waals surface area (Å²) in [5, 5.41) is 12.2. The van der Waals surface area contributed by atoms with Crippen LogP contribution in [0.2, 0.25) is 10.0 Å². The average Bonchev–Trinajstić information content (AvgIpc) is 3.00. The van der Waals surface area contributed by atoms with E-state index >= 15 is 0 Å². The molecule has 25 heavy (non-hydrogen) atoms. The van der Waals surface area contributed by atoms with Crippen LogP contribution in [0.3, 0.4) is 0 Å². The maximum absolute atomic E-state index is 11.1. The van der Waals surface area contributed by atoms with Gasteiger partial charge in [-0.1, -0.05) is 53.2 Å². The highest BCUT2D eigenvalue weighted by Crippen LogP contribution is 2.23. The SMILES string of the molecule is O=C1CSC(=NN=Cc2cccc(OCc3ccc(Cl)cc3Cl)c2)N1. The number of nitrogens with one attached hydrogen (secondary N) is 1. The van der Waals surface area contributed by atoms with Gasteiger partial charge in [-0.15, -0.1) is 5.10 Å². The number of amidine groups is 1. The van der Waals surface area contributed by atoms with Gasteiger partial charge in [0.1, 0.15) is 12.4 Å². The minimum atomic E-state index is -0.0600. The quantitative estimate of drug-likeness (QED) is 0.613. The van der Waals surface area contributed by atoms with Gasteiger partial charge in [-0.2, -0.15) is 5.10 Å². The number of hydrogen-bond acceptors (Lipinski definition) is 5. The molecule has 1 aliphatic heterocycles. The van der Waals surface area contributed by atoms with Crippen molar-refractivity contribution in [2.75, 3.05) is 5.75 Å². The third-order valence-corrected chi connectivity index (χ3v) is 4.66. The fraction of sp³-hybridized carbons (Fsp3) is 0.118. The number of hydrogen-bond donors (Lipinski definition) is 1. The molecule has 0 atom stereocenters. The molecule has 1 heterocycles. The van der Waals surface area contributed by atoms with Gasteiger partial charge in [0.05, 0.1) is 12.0 Å². The zero-order valence-electron chi connectivity index (χ0n) is 12.9. The predicted octanol–water partition coefficient (Wildman–Crippen LogP) is 4.13. The number of thioether (sulfide) groups is 1. The molecule has 5 nitrogen and oxygen atoms in total. The number of amides is 1. The van der Waals surface area contributed by atoms with E-state index in [1.807, 2.05) is 30.3 Å². The molecule has 2 aromatic rings. The van der Waals surface area contributed by atoms with Crippen molar-refractivity contribution in [3.8, 4) is 5.75 Å². The molecule has 8 heteroatoms. The first-order valence-corrected chi connectivity index (χ1v) is 9.05. The summed E-state index contributed by atoms with van der Waals surface area (Å²) in [6.07, 6.45) is 1.60. The first-order chi connectivity index (χ1) is 12.1. The fourth-order valence-electron chi connectivity index (χ4n) is 2.01. The van der Waals surface area contributed by atoms with Crippen molar-refractivity contribution in [2.45, 2.75) is 6.61 Å². The van der Waals surface area contributed by atoms with E-state index in [2.05, 4.69) is 15.5 Å².